The molecule has 0 radical (unpaired) electrons. The van der Waals surface area contributed by atoms with E-state index in [2.05, 4.69) is 15.8 Å². The highest BCUT2D eigenvalue weighted by Crippen LogP contribution is 2.47. The monoisotopic (exact) mass is 353 g/mol. The van der Waals surface area contributed by atoms with Crippen LogP contribution in [-0.4, -0.2) is 17.0 Å². The standard InChI is InChI=1S/C15H13Cl2N3O3/c1-8-6-12(20-23-8)19-14(22)15(4-5-15)13(21)18-11-7-9(16)2-3-10(11)17/h2-3,6-7H,4-5H2,1H3,(H,18,21)(H,19,20,22). The van der Waals surface area contributed by atoms with E-state index in [-0.39, 0.29) is 5.82 Å². The maximum atomic E-state index is 12.5. The van der Waals surface area contributed by atoms with Gasteiger partial charge in [-0.05, 0) is 38.0 Å². The number of anilines is 2. The first-order chi connectivity index (χ1) is 10.9. The molecule has 23 heavy (non-hydrogen) atoms. The van der Waals surface area contributed by atoms with Crippen LogP contribution in [0.25, 0.3) is 0 Å². The number of halogens is 2. The molecule has 2 N–H and O–H groups in total. The Kier molecular flexibility index (Phi) is 4.04. The quantitative estimate of drug-likeness (QED) is 0.821. The lowest BCUT2D eigenvalue weighted by Crippen LogP contribution is -2.35. The Bertz CT molecular complexity index is 784. The highest BCUT2D eigenvalue weighted by Gasteiger charge is 2.56. The van der Waals surface area contributed by atoms with Gasteiger partial charge in [-0.15, -0.1) is 0 Å². The fraction of sp³-hybridized carbons (Fsp3) is 0.267. The zero-order valence-electron chi connectivity index (χ0n) is 12.2. The molecule has 120 valence electrons. The Morgan fingerprint density at radius 3 is 2.48 bits per heavy atom. The Morgan fingerprint density at radius 2 is 1.87 bits per heavy atom. The molecule has 1 aromatic carbocycles. The number of nitrogens with one attached hydrogen (secondary N) is 2. The lowest BCUT2D eigenvalue weighted by Gasteiger charge is -2.15. The van der Waals surface area contributed by atoms with Crippen LogP contribution in [0.15, 0.2) is 28.8 Å². The van der Waals surface area contributed by atoms with Gasteiger partial charge in [0, 0.05) is 11.1 Å². The van der Waals surface area contributed by atoms with E-state index >= 15 is 0 Å². The van der Waals surface area contributed by atoms with Crippen LogP contribution in [0, 0.1) is 12.3 Å². The maximum Gasteiger partial charge on any atom is 0.241 e. The van der Waals surface area contributed by atoms with Gasteiger partial charge < -0.3 is 15.2 Å². The number of hydrogen-bond donors (Lipinski definition) is 2. The molecule has 8 heteroatoms. The second kappa shape index (κ2) is 5.86. The highest BCUT2D eigenvalue weighted by atomic mass is 35.5. The van der Waals surface area contributed by atoms with Gasteiger partial charge in [-0.25, -0.2) is 0 Å². The molecule has 2 aromatic rings. The van der Waals surface area contributed by atoms with Gasteiger partial charge in [0.2, 0.25) is 11.8 Å². The van der Waals surface area contributed by atoms with Crippen LogP contribution in [-0.2, 0) is 9.59 Å². The minimum atomic E-state index is -1.11. The zero-order valence-corrected chi connectivity index (χ0v) is 13.7. The molecule has 3 rings (SSSR count). The van der Waals surface area contributed by atoms with E-state index in [9.17, 15) is 9.59 Å². The molecule has 0 aliphatic heterocycles. The highest BCUT2D eigenvalue weighted by molar-refractivity contribution is 6.36. The first-order valence-electron chi connectivity index (χ1n) is 6.92. The predicted octanol–water partition coefficient (Wildman–Crippen LogP) is 3.65. The number of amides is 2. The normalized spacial score (nSPS) is 15.1. The predicted molar refractivity (Wildman–Crippen MR) is 86.6 cm³/mol. The summed E-state index contributed by atoms with van der Waals surface area (Å²) in [6.07, 6.45) is 0.916. The largest absolute Gasteiger partial charge is 0.360 e. The third-order valence-corrected chi connectivity index (χ3v) is 4.23. The molecular weight excluding hydrogens is 341 g/mol. The minimum Gasteiger partial charge on any atom is -0.360 e. The number of nitrogens with zero attached hydrogens (tertiary/aromatic N) is 1. The van der Waals surface area contributed by atoms with Crippen molar-refractivity contribution in [2.45, 2.75) is 19.8 Å². The molecule has 0 spiro atoms. The van der Waals surface area contributed by atoms with Crippen molar-refractivity contribution in [3.63, 3.8) is 0 Å². The number of aromatic nitrogens is 1. The fourth-order valence-electron chi connectivity index (χ4n) is 2.18. The number of hydrogen-bond acceptors (Lipinski definition) is 4. The number of aryl methyl sites for hydroxylation is 1. The van der Waals surface area contributed by atoms with Crippen molar-refractivity contribution in [3.8, 4) is 0 Å². The van der Waals surface area contributed by atoms with Gasteiger partial charge in [0.05, 0.1) is 10.7 Å². The molecule has 1 aliphatic rings. The van der Waals surface area contributed by atoms with Crippen molar-refractivity contribution in [2.24, 2.45) is 5.41 Å². The summed E-state index contributed by atoms with van der Waals surface area (Å²) in [4.78, 5) is 24.9. The summed E-state index contributed by atoms with van der Waals surface area (Å²) < 4.78 is 4.89. The molecule has 0 unspecified atom stereocenters. The van der Waals surface area contributed by atoms with E-state index in [0.717, 1.165) is 0 Å². The van der Waals surface area contributed by atoms with Crippen molar-refractivity contribution in [1.29, 1.82) is 0 Å². The van der Waals surface area contributed by atoms with Crippen molar-refractivity contribution >= 4 is 46.5 Å². The molecule has 1 fully saturated rings. The second-order valence-corrected chi connectivity index (χ2v) is 6.28. The molecular formula is C15H13Cl2N3O3. The minimum absolute atomic E-state index is 0.285. The van der Waals surface area contributed by atoms with Gasteiger partial charge in [-0.3, -0.25) is 9.59 Å². The first-order valence-corrected chi connectivity index (χ1v) is 7.67. The summed E-state index contributed by atoms with van der Waals surface area (Å²) >= 11 is 11.9. The number of carbonyl (C=O) groups is 2. The molecule has 1 heterocycles. The number of carbonyl (C=O) groups excluding carboxylic acids is 2. The molecule has 0 saturated heterocycles. The van der Waals surface area contributed by atoms with Crippen molar-refractivity contribution < 1.29 is 14.1 Å². The van der Waals surface area contributed by atoms with Gasteiger partial charge in [0.25, 0.3) is 0 Å². The van der Waals surface area contributed by atoms with Crippen LogP contribution in [0.4, 0.5) is 11.5 Å². The van der Waals surface area contributed by atoms with Gasteiger partial charge >= 0.3 is 0 Å². The van der Waals surface area contributed by atoms with E-state index in [1.165, 1.54) is 6.07 Å². The topological polar surface area (TPSA) is 84.2 Å². The molecule has 1 aromatic heterocycles. The van der Waals surface area contributed by atoms with Gasteiger partial charge in [-0.2, -0.15) is 0 Å². The summed E-state index contributed by atoms with van der Waals surface area (Å²) in [6, 6.07) is 6.32. The second-order valence-electron chi connectivity index (χ2n) is 5.44. The van der Waals surface area contributed by atoms with Crippen molar-refractivity contribution in [1.82, 2.24) is 5.16 Å². The number of rotatable bonds is 4. The average molecular weight is 354 g/mol. The van der Waals surface area contributed by atoms with E-state index < -0.39 is 17.2 Å². The zero-order chi connectivity index (χ0) is 16.6. The van der Waals surface area contributed by atoms with Crippen LogP contribution < -0.4 is 10.6 Å². The van der Waals surface area contributed by atoms with Crippen LogP contribution in [0.5, 0.6) is 0 Å². The molecule has 6 nitrogen and oxygen atoms in total. The van der Waals surface area contributed by atoms with Crippen LogP contribution >= 0.6 is 23.2 Å². The molecule has 0 bridgehead atoms. The number of benzene rings is 1. The summed E-state index contributed by atoms with van der Waals surface area (Å²) in [5.74, 6) is 0.0218. The summed E-state index contributed by atoms with van der Waals surface area (Å²) in [5, 5.41) is 9.74. The smallest absolute Gasteiger partial charge is 0.241 e. The third-order valence-electron chi connectivity index (χ3n) is 3.67. The van der Waals surface area contributed by atoms with E-state index in [1.54, 1.807) is 25.1 Å². The summed E-state index contributed by atoms with van der Waals surface area (Å²) in [6.45, 7) is 1.71. The van der Waals surface area contributed by atoms with E-state index in [4.69, 9.17) is 27.7 Å². The van der Waals surface area contributed by atoms with Gasteiger partial charge in [0.15, 0.2) is 5.82 Å². The molecule has 1 aliphatic carbocycles. The fourth-order valence-corrected chi connectivity index (χ4v) is 2.52. The van der Waals surface area contributed by atoms with Crippen molar-refractivity contribution in [2.75, 3.05) is 10.6 Å². The van der Waals surface area contributed by atoms with Crippen molar-refractivity contribution in [3.05, 3.63) is 40.1 Å². The lowest BCUT2D eigenvalue weighted by atomic mass is 10.1. The van der Waals surface area contributed by atoms with E-state index in [1.807, 2.05) is 0 Å². The molecule has 1 saturated carbocycles. The Balaban J connectivity index is 1.73. The Labute approximate surface area is 142 Å². The van der Waals surface area contributed by atoms with E-state index in [0.29, 0.717) is 34.3 Å². The lowest BCUT2D eigenvalue weighted by molar-refractivity contribution is -0.131. The van der Waals surface area contributed by atoms with Crippen LogP contribution in [0.1, 0.15) is 18.6 Å². The Morgan fingerprint density at radius 1 is 1.17 bits per heavy atom. The third kappa shape index (κ3) is 3.18. The Hall–Kier alpha value is -2.05. The average Bonchev–Trinajstić information content (AvgIpc) is 3.22. The first kappa shape index (κ1) is 15.8. The van der Waals surface area contributed by atoms with Gasteiger partial charge in [0.1, 0.15) is 11.2 Å². The summed E-state index contributed by atoms with van der Waals surface area (Å²) in [5.41, 5.74) is -0.737. The van der Waals surface area contributed by atoms with Crippen LogP contribution in [0.2, 0.25) is 10.0 Å². The SMILES string of the molecule is Cc1cc(NC(=O)C2(C(=O)Nc3cc(Cl)ccc3Cl)CC2)no1. The van der Waals surface area contributed by atoms with Crippen LogP contribution in [0.3, 0.4) is 0 Å². The molecule has 2 amide bonds. The molecule has 0 atom stereocenters. The summed E-state index contributed by atoms with van der Waals surface area (Å²) in [7, 11) is 0. The van der Waals surface area contributed by atoms with Gasteiger partial charge in [-0.1, -0.05) is 28.4 Å². The maximum absolute atomic E-state index is 12.5.